The Labute approximate surface area is 86.5 Å². The molecule has 1 saturated heterocycles. The van der Waals surface area contributed by atoms with Crippen LogP contribution in [0.5, 0.6) is 0 Å². The summed E-state index contributed by atoms with van der Waals surface area (Å²) in [5, 5.41) is 3.11. The van der Waals surface area contributed by atoms with E-state index in [0.717, 1.165) is 18.8 Å². The van der Waals surface area contributed by atoms with Crippen LogP contribution in [-0.2, 0) is 4.79 Å². The van der Waals surface area contributed by atoms with E-state index in [-0.39, 0.29) is 5.91 Å². The van der Waals surface area contributed by atoms with Crippen molar-refractivity contribution >= 4 is 5.91 Å². The van der Waals surface area contributed by atoms with Crippen LogP contribution in [0.4, 0.5) is 0 Å². The molecule has 1 amide bonds. The lowest BCUT2D eigenvalue weighted by Crippen LogP contribution is -2.32. The molecule has 2 atom stereocenters. The fraction of sp³-hybridized carbons (Fsp3) is 0.917. The maximum absolute atomic E-state index is 11.4. The molecule has 2 unspecified atom stereocenters. The van der Waals surface area contributed by atoms with Crippen molar-refractivity contribution < 1.29 is 4.79 Å². The van der Waals surface area contributed by atoms with E-state index in [1.807, 2.05) is 0 Å². The highest BCUT2D eigenvalue weighted by Gasteiger charge is 2.36. The van der Waals surface area contributed by atoms with Gasteiger partial charge in [-0.15, -0.1) is 0 Å². The molecule has 0 aromatic carbocycles. The molecule has 0 radical (unpaired) electrons. The lowest BCUT2D eigenvalue weighted by atomic mass is 9.76. The average molecular weight is 195 g/mol. The van der Waals surface area contributed by atoms with Gasteiger partial charge in [0.25, 0.3) is 0 Å². The van der Waals surface area contributed by atoms with Crippen LogP contribution >= 0.6 is 0 Å². The van der Waals surface area contributed by atoms with Gasteiger partial charge in [0.2, 0.25) is 5.91 Å². The Kier molecular flexibility index (Phi) is 3.09. The quantitative estimate of drug-likeness (QED) is 0.720. The van der Waals surface area contributed by atoms with Gasteiger partial charge in [0.15, 0.2) is 0 Å². The zero-order valence-electron chi connectivity index (χ0n) is 9.09. The second-order valence-electron chi connectivity index (χ2n) is 4.85. The molecular weight excluding hydrogens is 174 g/mol. The maximum Gasteiger partial charge on any atom is 0.220 e. The molecule has 0 aromatic rings. The van der Waals surface area contributed by atoms with Crippen molar-refractivity contribution in [2.24, 2.45) is 11.8 Å². The molecule has 0 aromatic heterocycles. The van der Waals surface area contributed by atoms with E-state index in [4.69, 9.17) is 0 Å². The van der Waals surface area contributed by atoms with Crippen LogP contribution in [0.1, 0.15) is 51.9 Å². The minimum atomic E-state index is 0.285. The lowest BCUT2D eigenvalue weighted by molar-refractivity contribution is -0.119. The van der Waals surface area contributed by atoms with Gasteiger partial charge in [-0.2, -0.15) is 0 Å². The number of carbonyl (C=O) groups excluding carboxylic acids is 1. The SMILES string of the molecule is CCC1NC(=O)CC1C1CCCCC1. The summed E-state index contributed by atoms with van der Waals surface area (Å²) < 4.78 is 0. The number of amides is 1. The first-order valence-electron chi connectivity index (χ1n) is 6.10. The van der Waals surface area contributed by atoms with Crippen molar-refractivity contribution in [3.63, 3.8) is 0 Å². The summed E-state index contributed by atoms with van der Waals surface area (Å²) in [7, 11) is 0. The molecule has 2 aliphatic rings. The van der Waals surface area contributed by atoms with Crippen molar-refractivity contribution in [3.05, 3.63) is 0 Å². The second kappa shape index (κ2) is 4.33. The van der Waals surface area contributed by atoms with Gasteiger partial charge < -0.3 is 5.32 Å². The molecule has 14 heavy (non-hydrogen) atoms. The molecule has 2 heteroatoms. The molecule has 1 aliphatic carbocycles. The Hall–Kier alpha value is -0.530. The summed E-state index contributed by atoms with van der Waals surface area (Å²) >= 11 is 0. The first kappa shape index (κ1) is 10.0. The van der Waals surface area contributed by atoms with E-state index in [9.17, 15) is 4.79 Å². The van der Waals surface area contributed by atoms with Crippen molar-refractivity contribution in [1.29, 1.82) is 0 Å². The van der Waals surface area contributed by atoms with Crippen LogP contribution in [0.25, 0.3) is 0 Å². The summed E-state index contributed by atoms with van der Waals surface area (Å²) in [5.41, 5.74) is 0. The first-order chi connectivity index (χ1) is 6.81. The number of nitrogens with one attached hydrogen (secondary N) is 1. The Morgan fingerprint density at radius 1 is 1.29 bits per heavy atom. The summed E-state index contributed by atoms with van der Waals surface area (Å²) in [5.74, 6) is 1.76. The fourth-order valence-electron chi connectivity index (χ4n) is 3.19. The van der Waals surface area contributed by atoms with Crippen LogP contribution in [-0.4, -0.2) is 11.9 Å². The Morgan fingerprint density at radius 3 is 2.64 bits per heavy atom. The first-order valence-corrected chi connectivity index (χ1v) is 6.10. The second-order valence-corrected chi connectivity index (χ2v) is 4.85. The fourth-order valence-corrected chi connectivity index (χ4v) is 3.19. The molecule has 2 fully saturated rings. The van der Waals surface area contributed by atoms with Gasteiger partial charge in [0.05, 0.1) is 0 Å². The molecule has 1 heterocycles. The van der Waals surface area contributed by atoms with Crippen LogP contribution < -0.4 is 5.32 Å². The molecule has 0 spiro atoms. The monoisotopic (exact) mass is 195 g/mol. The number of rotatable bonds is 2. The van der Waals surface area contributed by atoms with Gasteiger partial charge in [0, 0.05) is 12.5 Å². The van der Waals surface area contributed by atoms with Crippen molar-refractivity contribution in [2.75, 3.05) is 0 Å². The van der Waals surface area contributed by atoms with Gasteiger partial charge in [-0.05, 0) is 18.3 Å². The highest BCUT2D eigenvalue weighted by molar-refractivity contribution is 5.79. The summed E-state index contributed by atoms with van der Waals surface area (Å²) in [6, 6.07) is 0.477. The third kappa shape index (κ3) is 1.94. The minimum Gasteiger partial charge on any atom is -0.353 e. The van der Waals surface area contributed by atoms with Crippen molar-refractivity contribution in [1.82, 2.24) is 5.32 Å². The molecule has 1 N–H and O–H groups in total. The summed E-state index contributed by atoms with van der Waals surface area (Å²) in [6.45, 7) is 2.19. The third-order valence-corrected chi connectivity index (χ3v) is 3.98. The van der Waals surface area contributed by atoms with E-state index in [1.165, 1.54) is 32.1 Å². The normalized spacial score (nSPS) is 34.5. The Bertz CT molecular complexity index is 208. The predicted molar refractivity (Wildman–Crippen MR) is 56.9 cm³/mol. The Balaban J connectivity index is 1.97. The largest absolute Gasteiger partial charge is 0.353 e. The smallest absolute Gasteiger partial charge is 0.220 e. The number of hydrogen-bond donors (Lipinski definition) is 1. The molecule has 2 rings (SSSR count). The van der Waals surface area contributed by atoms with Gasteiger partial charge in [-0.3, -0.25) is 4.79 Å². The maximum atomic E-state index is 11.4. The number of hydrogen-bond acceptors (Lipinski definition) is 1. The average Bonchev–Trinajstić information content (AvgIpc) is 2.61. The Morgan fingerprint density at radius 2 is 2.00 bits per heavy atom. The molecular formula is C12H21NO. The highest BCUT2D eigenvalue weighted by atomic mass is 16.2. The summed E-state index contributed by atoms with van der Waals surface area (Å²) in [6.07, 6.45) is 8.78. The van der Waals surface area contributed by atoms with E-state index in [0.29, 0.717) is 12.0 Å². The topological polar surface area (TPSA) is 29.1 Å². The third-order valence-electron chi connectivity index (χ3n) is 3.98. The van der Waals surface area contributed by atoms with E-state index in [1.54, 1.807) is 0 Å². The standard InChI is InChI=1S/C12H21NO/c1-2-11-10(8-12(14)13-11)9-6-4-3-5-7-9/h9-11H,2-8H2,1H3,(H,13,14). The molecule has 2 nitrogen and oxygen atoms in total. The molecule has 0 bridgehead atoms. The molecule has 1 aliphatic heterocycles. The van der Waals surface area contributed by atoms with Crippen molar-refractivity contribution in [2.45, 2.75) is 57.9 Å². The van der Waals surface area contributed by atoms with Crippen LogP contribution in [0.15, 0.2) is 0 Å². The predicted octanol–water partition coefficient (Wildman–Crippen LogP) is 2.48. The zero-order valence-corrected chi connectivity index (χ0v) is 9.09. The highest BCUT2D eigenvalue weighted by Crippen LogP contribution is 2.36. The molecule has 1 saturated carbocycles. The van der Waals surface area contributed by atoms with Gasteiger partial charge in [-0.1, -0.05) is 39.0 Å². The van der Waals surface area contributed by atoms with Gasteiger partial charge in [-0.25, -0.2) is 0 Å². The minimum absolute atomic E-state index is 0.285. The zero-order chi connectivity index (χ0) is 9.97. The summed E-state index contributed by atoms with van der Waals surface area (Å²) in [4.78, 5) is 11.4. The van der Waals surface area contributed by atoms with Crippen molar-refractivity contribution in [3.8, 4) is 0 Å². The van der Waals surface area contributed by atoms with Crippen LogP contribution in [0.2, 0.25) is 0 Å². The van der Waals surface area contributed by atoms with Crippen LogP contribution in [0.3, 0.4) is 0 Å². The van der Waals surface area contributed by atoms with Crippen LogP contribution in [0, 0.1) is 11.8 Å². The lowest BCUT2D eigenvalue weighted by Gasteiger charge is -2.30. The van der Waals surface area contributed by atoms with E-state index >= 15 is 0 Å². The number of carbonyl (C=O) groups is 1. The van der Waals surface area contributed by atoms with E-state index < -0.39 is 0 Å². The van der Waals surface area contributed by atoms with Gasteiger partial charge >= 0.3 is 0 Å². The van der Waals surface area contributed by atoms with Gasteiger partial charge in [0.1, 0.15) is 0 Å². The molecule has 80 valence electrons. The van der Waals surface area contributed by atoms with E-state index in [2.05, 4.69) is 12.2 Å².